The molecule has 0 aromatic heterocycles. The van der Waals surface area contributed by atoms with E-state index in [-0.39, 0.29) is 6.04 Å². The monoisotopic (exact) mass is 188 g/mol. The van der Waals surface area contributed by atoms with Gasteiger partial charge in [0.25, 0.3) is 0 Å². The summed E-state index contributed by atoms with van der Waals surface area (Å²) in [7, 11) is 0. The van der Waals surface area contributed by atoms with Crippen molar-refractivity contribution in [1.29, 1.82) is 0 Å². The standard InChI is InChI=1S/C10H21FN2/c1-4-8(2)13-7-9-10(3,11)5-6-12-9/h8-9,12-13H,4-7H2,1-3H3. The zero-order valence-corrected chi connectivity index (χ0v) is 8.86. The van der Waals surface area contributed by atoms with Gasteiger partial charge in [0.15, 0.2) is 0 Å². The van der Waals surface area contributed by atoms with Crippen LogP contribution in [0, 0.1) is 0 Å². The van der Waals surface area contributed by atoms with Crippen molar-refractivity contribution in [2.75, 3.05) is 13.1 Å². The Kier molecular flexibility index (Phi) is 3.68. The van der Waals surface area contributed by atoms with Crippen molar-refractivity contribution in [2.45, 2.75) is 51.4 Å². The quantitative estimate of drug-likeness (QED) is 0.698. The van der Waals surface area contributed by atoms with Gasteiger partial charge in [0.2, 0.25) is 0 Å². The number of alkyl halides is 1. The van der Waals surface area contributed by atoms with Crippen LogP contribution in [0.5, 0.6) is 0 Å². The zero-order chi connectivity index (χ0) is 9.90. The van der Waals surface area contributed by atoms with Crippen molar-refractivity contribution in [2.24, 2.45) is 0 Å². The summed E-state index contributed by atoms with van der Waals surface area (Å²) in [5, 5.41) is 6.52. The van der Waals surface area contributed by atoms with E-state index in [2.05, 4.69) is 24.5 Å². The van der Waals surface area contributed by atoms with Gasteiger partial charge in [-0.3, -0.25) is 0 Å². The molecule has 13 heavy (non-hydrogen) atoms. The van der Waals surface area contributed by atoms with Crippen molar-refractivity contribution >= 4 is 0 Å². The third kappa shape index (κ3) is 2.92. The van der Waals surface area contributed by atoms with E-state index in [1.54, 1.807) is 6.92 Å². The predicted octanol–water partition coefficient (Wildman–Crippen LogP) is 1.46. The van der Waals surface area contributed by atoms with Gasteiger partial charge in [-0.25, -0.2) is 4.39 Å². The van der Waals surface area contributed by atoms with Crippen LogP contribution in [-0.2, 0) is 0 Å². The molecule has 2 N–H and O–H groups in total. The molecule has 1 aliphatic rings. The Labute approximate surface area is 80.3 Å². The van der Waals surface area contributed by atoms with E-state index in [4.69, 9.17) is 0 Å². The first-order chi connectivity index (χ1) is 6.06. The molecule has 0 radical (unpaired) electrons. The topological polar surface area (TPSA) is 24.1 Å². The summed E-state index contributed by atoms with van der Waals surface area (Å²) in [5.74, 6) is 0. The molecule has 2 nitrogen and oxygen atoms in total. The van der Waals surface area contributed by atoms with E-state index >= 15 is 0 Å². The van der Waals surface area contributed by atoms with Gasteiger partial charge in [0.1, 0.15) is 5.67 Å². The Balaban J connectivity index is 2.28. The van der Waals surface area contributed by atoms with Crippen LogP contribution in [0.2, 0.25) is 0 Å². The van der Waals surface area contributed by atoms with E-state index in [9.17, 15) is 4.39 Å². The molecule has 0 amide bonds. The Bertz CT molecular complexity index is 159. The molecule has 0 aliphatic carbocycles. The molecule has 1 saturated heterocycles. The van der Waals surface area contributed by atoms with Gasteiger partial charge in [-0.2, -0.15) is 0 Å². The molecular formula is C10H21FN2. The highest BCUT2D eigenvalue weighted by Crippen LogP contribution is 2.24. The minimum atomic E-state index is -1.03. The summed E-state index contributed by atoms with van der Waals surface area (Å²) in [5.41, 5.74) is -1.03. The fraction of sp³-hybridized carbons (Fsp3) is 1.00. The lowest BCUT2D eigenvalue weighted by Gasteiger charge is -2.24. The average Bonchev–Trinajstić information content (AvgIpc) is 2.41. The summed E-state index contributed by atoms with van der Waals surface area (Å²) < 4.78 is 13.7. The summed E-state index contributed by atoms with van der Waals surface area (Å²) in [6, 6.07) is 0.472. The molecule has 1 aliphatic heterocycles. The van der Waals surface area contributed by atoms with Crippen molar-refractivity contribution in [3.63, 3.8) is 0 Å². The first-order valence-electron chi connectivity index (χ1n) is 5.22. The van der Waals surface area contributed by atoms with Gasteiger partial charge in [-0.05, 0) is 33.2 Å². The van der Waals surface area contributed by atoms with Gasteiger partial charge in [0, 0.05) is 12.6 Å². The zero-order valence-electron chi connectivity index (χ0n) is 8.86. The third-order valence-electron chi connectivity index (χ3n) is 3.01. The van der Waals surface area contributed by atoms with E-state index in [1.165, 1.54) is 0 Å². The van der Waals surface area contributed by atoms with Gasteiger partial charge in [-0.1, -0.05) is 6.92 Å². The van der Waals surface area contributed by atoms with Crippen LogP contribution in [0.25, 0.3) is 0 Å². The molecule has 3 unspecified atom stereocenters. The Morgan fingerprint density at radius 3 is 2.85 bits per heavy atom. The SMILES string of the molecule is CCC(C)NCC1NCCC1(C)F. The summed E-state index contributed by atoms with van der Waals surface area (Å²) >= 11 is 0. The highest BCUT2D eigenvalue weighted by atomic mass is 19.1. The molecule has 1 rings (SSSR count). The van der Waals surface area contributed by atoms with Gasteiger partial charge in [-0.15, -0.1) is 0 Å². The smallest absolute Gasteiger partial charge is 0.125 e. The summed E-state index contributed by atoms with van der Waals surface area (Å²) in [6.07, 6.45) is 1.73. The molecule has 1 fully saturated rings. The number of halogens is 1. The molecule has 3 heteroatoms. The summed E-state index contributed by atoms with van der Waals surface area (Å²) in [4.78, 5) is 0. The normalized spacial score (nSPS) is 36.5. The minimum absolute atomic E-state index is 0.0125. The Morgan fingerprint density at radius 1 is 1.69 bits per heavy atom. The maximum atomic E-state index is 13.7. The molecule has 0 spiro atoms. The molecule has 3 atom stereocenters. The molecule has 0 bridgehead atoms. The molecular weight excluding hydrogens is 167 g/mol. The van der Waals surface area contributed by atoms with E-state index in [0.717, 1.165) is 19.5 Å². The van der Waals surface area contributed by atoms with Crippen molar-refractivity contribution in [3.8, 4) is 0 Å². The number of hydrogen-bond acceptors (Lipinski definition) is 2. The van der Waals surface area contributed by atoms with Crippen molar-refractivity contribution in [1.82, 2.24) is 10.6 Å². The second-order valence-corrected chi connectivity index (χ2v) is 4.25. The fourth-order valence-corrected chi connectivity index (χ4v) is 1.63. The Hall–Kier alpha value is -0.150. The van der Waals surface area contributed by atoms with Crippen LogP contribution in [0.15, 0.2) is 0 Å². The minimum Gasteiger partial charge on any atom is -0.313 e. The molecule has 1 heterocycles. The molecule has 0 saturated carbocycles. The lowest BCUT2D eigenvalue weighted by atomic mass is 9.99. The van der Waals surface area contributed by atoms with Gasteiger partial charge < -0.3 is 10.6 Å². The van der Waals surface area contributed by atoms with Crippen LogP contribution in [0.1, 0.15) is 33.6 Å². The highest BCUT2D eigenvalue weighted by Gasteiger charge is 2.38. The van der Waals surface area contributed by atoms with Crippen molar-refractivity contribution in [3.05, 3.63) is 0 Å². The maximum Gasteiger partial charge on any atom is 0.125 e. The second kappa shape index (κ2) is 4.38. The number of hydrogen-bond donors (Lipinski definition) is 2. The lowest BCUT2D eigenvalue weighted by Crippen LogP contribution is -2.46. The first-order valence-corrected chi connectivity index (χ1v) is 5.22. The number of rotatable bonds is 4. The Morgan fingerprint density at radius 2 is 2.38 bits per heavy atom. The fourth-order valence-electron chi connectivity index (χ4n) is 1.63. The van der Waals surface area contributed by atoms with Crippen LogP contribution in [0.4, 0.5) is 4.39 Å². The van der Waals surface area contributed by atoms with E-state index in [1.807, 2.05) is 0 Å². The maximum absolute atomic E-state index is 13.7. The highest BCUT2D eigenvalue weighted by molar-refractivity contribution is 4.96. The average molecular weight is 188 g/mol. The third-order valence-corrected chi connectivity index (χ3v) is 3.01. The van der Waals surface area contributed by atoms with E-state index in [0.29, 0.717) is 12.5 Å². The number of nitrogens with one attached hydrogen (secondary N) is 2. The van der Waals surface area contributed by atoms with Crippen molar-refractivity contribution < 1.29 is 4.39 Å². The van der Waals surface area contributed by atoms with E-state index < -0.39 is 5.67 Å². The molecule has 0 aromatic rings. The van der Waals surface area contributed by atoms with Gasteiger partial charge in [0.05, 0.1) is 6.04 Å². The lowest BCUT2D eigenvalue weighted by molar-refractivity contribution is 0.163. The summed E-state index contributed by atoms with van der Waals surface area (Å²) in [6.45, 7) is 7.50. The van der Waals surface area contributed by atoms with Crippen LogP contribution in [-0.4, -0.2) is 30.8 Å². The van der Waals surface area contributed by atoms with Gasteiger partial charge >= 0.3 is 0 Å². The van der Waals surface area contributed by atoms with Crippen LogP contribution in [0.3, 0.4) is 0 Å². The predicted molar refractivity (Wildman–Crippen MR) is 53.7 cm³/mol. The first kappa shape index (κ1) is 10.9. The molecule has 78 valence electrons. The largest absolute Gasteiger partial charge is 0.313 e. The second-order valence-electron chi connectivity index (χ2n) is 4.25. The van der Waals surface area contributed by atoms with Crippen LogP contribution >= 0.6 is 0 Å². The van der Waals surface area contributed by atoms with Crippen LogP contribution < -0.4 is 10.6 Å². The molecule has 0 aromatic carbocycles.